The van der Waals surface area contributed by atoms with Gasteiger partial charge in [-0.25, -0.2) is 4.79 Å². The smallest absolute Gasteiger partial charge is 0.341 e. The highest BCUT2D eigenvalue weighted by Crippen LogP contribution is 2.56. The van der Waals surface area contributed by atoms with E-state index in [-0.39, 0.29) is 11.3 Å². The lowest BCUT2D eigenvalue weighted by molar-refractivity contribution is -0.152. The lowest BCUT2D eigenvalue weighted by Gasteiger charge is -2.44. The number of thioether (sulfide) groups is 1. The van der Waals surface area contributed by atoms with Crippen molar-refractivity contribution in [3.63, 3.8) is 0 Å². The van der Waals surface area contributed by atoms with Crippen LogP contribution in [0.25, 0.3) is 6.08 Å². The molecule has 2 aromatic heterocycles. The van der Waals surface area contributed by atoms with Gasteiger partial charge in [0, 0.05) is 9.62 Å². The fourth-order valence-electron chi connectivity index (χ4n) is 4.58. The molecule has 0 spiro atoms. The van der Waals surface area contributed by atoms with Crippen molar-refractivity contribution in [2.75, 3.05) is 0 Å². The second-order valence-corrected chi connectivity index (χ2v) is 12.0. The number of carboxylic acids is 1. The van der Waals surface area contributed by atoms with Crippen molar-refractivity contribution in [1.29, 1.82) is 0 Å². The van der Waals surface area contributed by atoms with Crippen molar-refractivity contribution in [2.45, 2.75) is 42.1 Å². The number of aromatic amines is 1. The summed E-state index contributed by atoms with van der Waals surface area (Å²) in [5.41, 5.74) is -0.0740. The maximum Gasteiger partial charge on any atom is 0.341 e. The zero-order valence-corrected chi connectivity index (χ0v) is 21.8. The number of rotatable bonds is 8. The van der Waals surface area contributed by atoms with Crippen LogP contribution in [0.3, 0.4) is 0 Å². The van der Waals surface area contributed by atoms with Crippen LogP contribution in [0.1, 0.15) is 42.2 Å². The third kappa shape index (κ3) is 4.67. The summed E-state index contributed by atoms with van der Waals surface area (Å²) in [4.78, 5) is 53.7. The highest BCUT2D eigenvalue weighted by Gasteiger charge is 2.63. The molecular formula is C24H23N7O5S2. The first kappa shape index (κ1) is 25.6. The van der Waals surface area contributed by atoms with Gasteiger partial charge in [0.1, 0.15) is 29.1 Å². The monoisotopic (exact) mass is 553 g/mol. The minimum Gasteiger partial charge on any atom is -0.477 e. The van der Waals surface area contributed by atoms with Gasteiger partial charge in [-0.1, -0.05) is 41.6 Å². The Hall–Kier alpha value is -4.04. The largest absolute Gasteiger partial charge is 0.477 e. The van der Waals surface area contributed by atoms with E-state index < -0.39 is 46.2 Å². The van der Waals surface area contributed by atoms with E-state index in [0.717, 1.165) is 0 Å². The number of carboxylic acid groups (broad SMARTS) is 1. The van der Waals surface area contributed by atoms with Crippen LogP contribution >= 0.6 is 23.1 Å². The molecule has 0 saturated carbocycles. The molecule has 0 bridgehead atoms. The van der Waals surface area contributed by atoms with Gasteiger partial charge in [0.15, 0.2) is 5.82 Å². The van der Waals surface area contributed by atoms with Crippen molar-refractivity contribution in [3.8, 4) is 0 Å². The molecule has 196 valence electrons. The molecule has 1 aromatic carbocycles. The third-order valence-electron chi connectivity index (χ3n) is 6.32. The van der Waals surface area contributed by atoms with Gasteiger partial charge in [0.25, 0.3) is 5.91 Å². The van der Waals surface area contributed by atoms with Gasteiger partial charge in [0.05, 0.1) is 0 Å². The van der Waals surface area contributed by atoms with Gasteiger partial charge >= 0.3 is 5.97 Å². The van der Waals surface area contributed by atoms with E-state index in [4.69, 9.17) is 0 Å². The fraction of sp³-hybridized carbons (Fsp3) is 0.292. The Morgan fingerprint density at radius 3 is 2.58 bits per heavy atom. The second kappa shape index (κ2) is 10.0. The van der Waals surface area contributed by atoms with E-state index in [2.05, 4.69) is 31.3 Å². The summed E-state index contributed by atoms with van der Waals surface area (Å²) in [6.45, 7) is 3.92. The maximum atomic E-state index is 13.5. The molecule has 2 saturated heterocycles. The molecule has 4 heterocycles. The van der Waals surface area contributed by atoms with Crippen LogP contribution in [0, 0.1) is 0 Å². The first-order valence-electron chi connectivity index (χ1n) is 11.6. The Labute approximate surface area is 224 Å². The van der Waals surface area contributed by atoms with Crippen molar-refractivity contribution >= 4 is 52.9 Å². The molecule has 2 fully saturated rings. The summed E-state index contributed by atoms with van der Waals surface area (Å²) in [5, 5.41) is 30.5. The molecular weight excluding hydrogens is 530 g/mol. The number of H-pyrrole nitrogens is 1. The van der Waals surface area contributed by atoms with E-state index in [0.29, 0.717) is 16.3 Å². The first-order valence-corrected chi connectivity index (χ1v) is 13.3. The topological polar surface area (TPSA) is 170 Å². The SMILES string of the molecule is CC1(C)S[C@@H]2C(NC(=O)[C@H](NC(=O)C(=Cc3cccs3)C(=O)O)c3ccccc3)C(=O)N2C1c1nn[nH]n1. The van der Waals surface area contributed by atoms with Crippen molar-refractivity contribution in [1.82, 2.24) is 36.2 Å². The van der Waals surface area contributed by atoms with Crippen LogP contribution in [0.4, 0.5) is 0 Å². The summed E-state index contributed by atoms with van der Waals surface area (Å²) >= 11 is 2.78. The highest BCUT2D eigenvalue weighted by atomic mass is 32.2. The molecule has 38 heavy (non-hydrogen) atoms. The molecule has 2 aliphatic rings. The molecule has 4 atom stereocenters. The van der Waals surface area contributed by atoms with E-state index in [9.17, 15) is 24.3 Å². The number of hydrogen-bond donors (Lipinski definition) is 4. The van der Waals surface area contributed by atoms with Gasteiger partial charge in [-0.15, -0.1) is 33.3 Å². The van der Waals surface area contributed by atoms with Crippen molar-refractivity contribution < 1.29 is 24.3 Å². The van der Waals surface area contributed by atoms with E-state index >= 15 is 0 Å². The fourth-order valence-corrected chi connectivity index (χ4v) is 6.87. The predicted molar refractivity (Wildman–Crippen MR) is 138 cm³/mol. The number of carbonyl (C=O) groups excluding carboxylic acids is 3. The van der Waals surface area contributed by atoms with E-state index in [1.807, 2.05) is 13.8 Å². The minimum absolute atomic E-state index is 0.307. The molecule has 0 aliphatic carbocycles. The van der Waals surface area contributed by atoms with Crippen molar-refractivity contribution in [3.05, 3.63) is 69.7 Å². The number of thiophene rings is 1. The van der Waals surface area contributed by atoms with Gasteiger partial charge in [-0.2, -0.15) is 5.21 Å². The molecule has 2 aliphatic heterocycles. The number of hydrogen-bond acceptors (Lipinski definition) is 9. The second-order valence-electron chi connectivity index (χ2n) is 9.21. The average molecular weight is 554 g/mol. The number of carbonyl (C=O) groups is 4. The molecule has 3 aromatic rings. The van der Waals surface area contributed by atoms with Crippen LogP contribution in [-0.2, 0) is 19.2 Å². The average Bonchev–Trinajstić information content (AvgIpc) is 3.64. The van der Waals surface area contributed by atoms with Gasteiger partial charge in [-0.05, 0) is 36.9 Å². The summed E-state index contributed by atoms with van der Waals surface area (Å²) < 4.78 is -0.445. The predicted octanol–water partition coefficient (Wildman–Crippen LogP) is 1.51. The van der Waals surface area contributed by atoms with Crippen LogP contribution in [0.5, 0.6) is 0 Å². The van der Waals surface area contributed by atoms with Crippen LogP contribution < -0.4 is 10.6 Å². The third-order valence-corrected chi connectivity index (χ3v) is 8.71. The molecule has 0 radical (unpaired) electrons. The Morgan fingerprint density at radius 1 is 1.18 bits per heavy atom. The quantitative estimate of drug-likeness (QED) is 0.140. The maximum absolute atomic E-state index is 13.5. The van der Waals surface area contributed by atoms with E-state index in [1.54, 1.807) is 52.7 Å². The summed E-state index contributed by atoms with van der Waals surface area (Å²) in [6.07, 6.45) is 1.25. The molecule has 5 rings (SSSR count). The standard InChI is InChI=1S/C24H23N7O5S2/c1-24(2)17(18-27-29-30-28-18)31-21(34)16(22(31)38-24)26-20(33)15(12-7-4-3-5-8-12)25-19(32)14(23(35)36)11-13-9-6-10-37-13/h3-11,15-17,22H,1-2H3,(H,25,32)(H,26,33)(H,35,36)(H,27,28,29,30)/t15-,16?,17?,22-/m1/s1. The zero-order chi connectivity index (χ0) is 27.0. The summed E-state index contributed by atoms with van der Waals surface area (Å²) in [7, 11) is 0. The van der Waals surface area contributed by atoms with E-state index in [1.165, 1.54) is 29.2 Å². The molecule has 14 heteroatoms. The Morgan fingerprint density at radius 2 is 1.95 bits per heavy atom. The summed E-state index contributed by atoms with van der Waals surface area (Å²) in [5.74, 6) is -2.91. The number of nitrogens with zero attached hydrogens (tertiary/aromatic N) is 4. The van der Waals surface area contributed by atoms with Gasteiger partial charge < -0.3 is 20.6 Å². The summed E-state index contributed by atoms with van der Waals surface area (Å²) in [6, 6.07) is 9.34. The Bertz CT molecular complexity index is 1390. The molecule has 12 nitrogen and oxygen atoms in total. The number of amides is 3. The lowest BCUT2D eigenvalue weighted by atomic mass is 9.95. The van der Waals surface area contributed by atoms with Crippen LogP contribution in [0.2, 0.25) is 0 Å². The van der Waals surface area contributed by atoms with Gasteiger partial charge in [-0.3, -0.25) is 14.4 Å². The number of aromatic nitrogens is 4. The van der Waals surface area contributed by atoms with Crippen LogP contribution in [0.15, 0.2) is 53.4 Å². The van der Waals surface area contributed by atoms with Gasteiger partial charge in [0.2, 0.25) is 11.8 Å². The lowest BCUT2D eigenvalue weighted by Crippen LogP contribution is -2.68. The number of fused-ring (bicyclic) bond motifs is 1. The number of aliphatic carboxylic acids is 1. The first-order chi connectivity index (χ1) is 18.2. The Balaban J connectivity index is 1.36. The normalized spacial score (nSPS) is 22.8. The van der Waals surface area contributed by atoms with Crippen LogP contribution in [-0.4, -0.2) is 70.5 Å². The number of β-lactam (4-membered cyclic amide) rings is 1. The molecule has 3 amide bonds. The Kier molecular flexibility index (Phi) is 6.75. The number of benzene rings is 1. The molecule has 2 unspecified atom stereocenters. The minimum atomic E-state index is -1.43. The number of tetrazole rings is 1. The number of nitrogens with one attached hydrogen (secondary N) is 3. The highest BCUT2D eigenvalue weighted by molar-refractivity contribution is 8.01. The van der Waals surface area contributed by atoms with Crippen molar-refractivity contribution in [2.24, 2.45) is 0 Å². The molecule has 4 N–H and O–H groups in total. The zero-order valence-electron chi connectivity index (χ0n) is 20.2.